The van der Waals surface area contributed by atoms with Crippen molar-refractivity contribution in [2.45, 2.75) is 12.7 Å². The van der Waals surface area contributed by atoms with Crippen LogP contribution in [0.5, 0.6) is 0 Å². The first-order valence-electron chi connectivity index (χ1n) is 10.2. The first-order chi connectivity index (χ1) is 16.3. The van der Waals surface area contributed by atoms with Gasteiger partial charge in [-0.2, -0.15) is 13.2 Å². The molecule has 3 aromatic carbocycles. The fourth-order valence-corrected chi connectivity index (χ4v) is 4.68. The molecular formula is C25H16F3N3O2S. The highest BCUT2D eigenvalue weighted by atomic mass is 32.1. The number of halogens is 3. The summed E-state index contributed by atoms with van der Waals surface area (Å²) in [6.45, 7) is -0.384. The molecular weight excluding hydrogens is 463 g/mol. The Labute approximate surface area is 195 Å². The van der Waals surface area contributed by atoms with Gasteiger partial charge in [0.1, 0.15) is 11.4 Å². The van der Waals surface area contributed by atoms with E-state index >= 15 is 0 Å². The summed E-state index contributed by atoms with van der Waals surface area (Å²) in [6.07, 6.45) is -3.25. The maximum absolute atomic E-state index is 13.2. The molecule has 0 bridgehead atoms. The minimum absolute atomic E-state index is 0.00528. The predicted molar refractivity (Wildman–Crippen MR) is 127 cm³/mol. The van der Waals surface area contributed by atoms with E-state index in [1.54, 1.807) is 0 Å². The summed E-state index contributed by atoms with van der Waals surface area (Å²) in [6, 6.07) is 18.1. The zero-order chi connectivity index (χ0) is 23.9. The van der Waals surface area contributed by atoms with Crippen LogP contribution in [0.4, 0.5) is 18.9 Å². The number of hydrogen-bond acceptors (Lipinski definition) is 4. The molecule has 9 heteroatoms. The summed E-state index contributed by atoms with van der Waals surface area (Å²) in [7, 11) is 0. The van der Waals surface area contributed by atoms with Crippen LogP contribution in [0.25, 0.3) is 32.1 Å². The van der Waals surface area contributed by atoms with Gasteiger partial charge in [0.15, 0.2) is 0 Å². The third-order valence-corrected chi connectivity index (χ3v) is 6.30. The fraction of sp³-hybridized carbons (Fsp3) is 0.0800. The summed E-state index contributed by atoms with van der Waals surface area (Å²) < 4.78 is 39.9. The molecule has 2 heterocycles. The number of anilines is 1. The molecule has 1 N–H and O–H groups in total. The number of amides is 1. The van der Waals surface area contributed by atoms with Crippen molar-refractivity contribution < 1.29 is 18.0 Å². The summed E-state index contributed by atoms with van der Waals surface area (Å²) in [5, 5.41) is 6.78. The van der Waals surface area contributed by atoms with E-state index in [9.17, 15) is 22.8 Å². The molecule has 0 atom stereocenters. The number of rotatable bonds is 4. The van der Waals surface area contributed by atoms with Crippen LogP contribution in [0.1, 0.15) is 5.56 Å². The second-order valence-electron chi connectivity index (χ2n) is 7.70. The molecule has 0 unspecified atom stereocenters. The number of nitrogens with one attached hydrogen (secondary N) is 1. The van der Waals surface area contributed by atoms with Gasteiger partial charge in [0.25, 0.3) is 5.56 Å². The molecule has 0 aliphatic carbocycles. The second kappa shape index (κ2) is 8.42. The Kier molecular flexibility index (Phi) is 5.41. The summed E-state index contributed by atoms with van der Waals surface area (Å²) in [4.78, 5) is 30.6. The van der Waals surface area contributed by atoms with Gasteiger partial charge < -0.3 is 5.32 Å². The Bertz CT molecular complexity index is 1600. The van der Waals surface area contributed by atoms with Crippen molar-refractivity contribution in [3.8, 4) is 11.1 Å². The number of benzene rings is 3. The van der Waals surface area contributed by atoms with Crippen molar-refractivity contribution >= 4 is 43.9 Å². The molecule has 0 spiro atoms. The zero-order valence-electron chi connectivity index (χ0n) is 17.5. The normalized spacial score (nSPS) is 11.7. The van der Waals surface area contributed by atoms with Crippen LogP contribution < -0.4 is 10.9 Å². The molecule has 2 aromatic heterocycles. The zero-order valence-corrected chi connectivity index (χ0v) is 18.3. The Hall–Kier alpha value is -3.98. The van der Waals surface area contributed by atoms with E-state index in [-0.39, 0.29) is 12.2 Å². The van der Waals surface area contributed by atoms with E-state index in [2.05, 4.69) is 10.3 Å². The van der Waals surface area contributed by atoms with Gasteiger partial charge in [-0.05, 0) is 40.6 Å². The molecule has 170 valence electrons. The van der Waals surface area contributed by atoms with Crippen molar-refractivity contribution in [3.05, 3.63) is 94.4 Å². The van der Waals surface area contributed by atoms with Crippen LogP contribution in [0.2, 0.25) is 0 Å². The molecule has 0 saturated carbocycles. The molecule has 0 saturated heterocycles. The molecule has 1 amide bonds. The van der Waals surface area contributed by atoms with Gasteiger partial charge in [-0.15, -0.1) is 11.3 Å². The van der Waals surface area contributed by atoms with E-state index < -0.39 is 23.2 Å². The molecule has 34 heavy (non-hydrogen) atoms. The fourth-order valence-electron chi connectivity index (χ4n) is 3.78. The number of alkyl halides is 3. The predicted octanol–water partition coefficient (Wildman–Crippen LogP) is 5.94. The first kappa shape index (κ1) is 21.8. The smallest absolute Gasteiger partial charge is 0.325 e. The second-order valence-corrected chi connectivity index (χ2v) is 8.55. The largest absolute Gasteiger partial charge is 0.416 e. The van der Waals surface area contributed by atoms with E-state index in [4.69, 9.17) is 0 Å². The number of carbonyl (C=O) groups is 1. The summed E-state index contributed by atoms with van der Waals surface area (Å²) >= 11 is 1.33. The van der Waals surface area contributed by atoms with Gasteiger partial charge in [0.05, 0.1) is 17.3 Å². The number of thiophene rings is 1. The van der Waals surface area contributed by atoms with Crippen molar-refractivity contribution in [1.29, 1.82) is 0 Å². The first-order valence-corrected chi connectivity index (χ1v) is 11.1. The van der Waals surface area contributed by atoms with Gasteiger partial charge in [-0.25, -0.2) is 4.98 Å². The maximum atomic E-state index is 13.2. The summed E-state index contributed by atoms with van der Waals surface area (Å²) in [5.41, 5.74) is 0.303. The van der Waals surface area contributed by atoms with Gasteiger partial charge in [-0.3, -0.25) is 14.2 Å². The minimum atomic E-state index is -4.52. The lowest BCUT2D eigenvalue weighted by Crippen LogP contribution is -2.27. The highest BCUT2D eigenvalue weighted by molar-refractivity contribution is 7.17. The SMILES string of the molecule is O=C(Cn1cnc2scc(-c3ccc4ccccc4c3)c2c1=O)Nc1cccc(C(F)(F)F)c1. The highest BCUT2D eigenvalue weighted by Crippen LogP contribution is 2.33. The minimum Gasteiger partial charge on any atom is -0.325 e. The maximum Gasteiger partial charge on any atom is 0.416 e. The Morgan fingerprint density at radius 2 is 1.79 bits per heavy atom. The van der Waals surface area contributed by atoms with E-state index in [1.807, 2.05) is 47.8 Å². The molecule has 5 rings (SSSR count). The molecule has 0 fully saturated rings. The molecule has 5 nitrogen and oxygen atoms in total. The van der Waals surface area contributed by atoms with Crippen molar-refractivity contribution in [1.82, 2.24) is 9.55 Å². The van der Waals surface area contributed by atoms with Crippen LogP contribution in [0.15, 0.2) is 83.2 Å². The van der Waals surface area contributed by atoms with Crippen LogP contribution in [0, 0.1) is 0 Å². The van der Waals surface area contributed by atoms with Crippen LogP contribution in [-0.4, -0.2) is 15.5 Å². The average Bonchev–Trinajstić information content (AvgIpc) is 3.25. The molecule has 0 aliphatic heterocycles. The molecule has 0 aliphatic rings. The lowest BCUT2D eigenvalue weighted by atomic mass is 10.0. The third-order valence-electron chi connectivity index (χ3n) is 5.41. The Morgan fingerprint density at radius 3 is 2.59 bits per heavy atom. The number of carbonyl (C=O) groups excluding carboxylic acids is 1. The third kappa shape index (κ3) is 4.17. The monoisotopic (exact) mass is 479 g/mol. The molecule has 5 aromatic rings. The van der Waals surface area contributed by atoms with Gasteiger partial charge >= 0.3 is 6.18 Å². The number of nitrogens with zero attached hydrogens (tertiary/aromatic N) is 2. The Balaban J connectivity index is 1.45. The van der Waals surface area contributed by atoms with Gasteiger partial charge in [0.2, 0.25) is 5.91 Å². The van der Waals surface area contributed by atoms with Gasteiger partial charge in [-0.1, -0.05) is 42.5 Å². The number of aromatic nitrogens is 2. The van der Waals surface area contributed by atoms with Crippen LogP contribution in [-0.2, 0) is 17.5 Å². The Morgan fingerprint density at radius 1 is 1.00 bits per heavy atom. The van der Waals surface area contributed by atoms with Crippen molar-refractivity contribution in [3.63, 3.8) is 0 Å². The average molecular weight is 479 g/mol. The number of hydrogen-bond donors (Lipinski definition) is 1. The van der Waals surface area contributed by atoms with Crippen molar-refractivity contribution in [2.75, 3.05) is 5.32 Å². The van der Waals surface area contributed by atoms with Crippen molar-refractivity contribution in [2.24, 2.45) is 0 Å². The molecule has 0 radical (unpaired) electrons. The lowest BCUT2D eigenvalue weighted by molar-refractivity contribution is -0.137. The van der Waals surface area contributed by atoms with E-state index in [0.29, 0.717) is 10.2 Å². The quantitative estimate of drug-likeness (QED) is 0.347. The van der Waals surface area contributed by atoms with E-state index in [1.165, 1.54) is 29.8 Å². The van der Waals surface area contributed by atoms with E-state index in [0.717, 1.165) is 38.6 Å². The summed E-state index contributed by atoms with van der Waals surface area (Å²) in [5.74, 6) is -0.634. The highest BCUT2D eigenvalue weighted by Gasteiger charge is 2.30. The topological polar surface area (TPSA) is 64.0 Å². The standard InChI is InChI=1S/C25H16F3N3O2S/c26-25(27,28)18-6-3-7-19(11-18)30-21(32)12-31-14-29-23-22(24(31)33)20(13-34-23)17-9-8-15-4-1-2-5-16(15)10-17/h1-11,13-14H,12H2,(H,30,32). The number of fused-ring (bicyclic) bond motifs is 2. The van der Waals surface area contributed by atoms with Gasteiger partial charge in [0, 0.05) is 16.6 Å². The lowest BCUT2D eigenvalue weighted by Gasteiger charge is -2.11. The van der Waals surface area contributed by atoms with Crippen LogP contribution >= 0.6 is 11.3 Å². The van der Waals surface area contributed by atoms with Crippen LogP contribution in [0.3, 0.4) is 0 Å².